The van der Waals surface area contributed by atoms with Gasteiger partial charge in [-0.25, -0.2) is 0 Å². The van der Waals surface area contributed by atoms with Gasteiger partial charge < -0.3 is 0 Å². The first-order chi connectivity index (χ1) is 6.66. The summed E-state index contributed by atoms with van der Waals surface area (Å²) in [7, 11) is 0. The minimum atomic E-state index is 0.827. The predicted octanol–water partition coefficient (Wildman–Crippen LogP) is 3.58. The van der Waals surface area contributed by atoms with Crippen molar-refractivity contribution in [1.82, 2.24) is 10.2 Å². The van der Waals surface area contributed by atoms with Gasteiger partial charge >= 0.3 is 0 Å². The number of aromatic nitrogens is 2. The zero-order valence-corrected chi connectivity index (χ0v) is 10.3. The summed E-state index contributed by atoms with van der Waals surface area (Å²) in [5.41, 5.74) is 3.66. The van der Waals surface area contributed by atoms with Crippen LogP contribution in [0.5, 0.6) is 0 Å². The van der Waals surface area contributed by atoms with Crippen molar-refractivity contribution < 1.29 is 0 Å². The van der Waals surface area contributed by atoms with E-state index in [2.05, 4.69) is 58.2 Å². The Morgan fingerprint density at radius 1 is 1.21 bits per heavy atom. The van der Waals surface area contributed by atoms with Gasteiger partial charge in [-0.15, -0.1) is 10.2 Å². The van der Waals surface area contributed by atoms with E-state index in [1.165, 1.54) is 16.7 Å². The Kier molecular flexibility index (Phi) is 2.65. The Labute approximate surface area is 95.1 Å². The molecule has 0 amide bonds. The van der Waals surface area contributed by atoms with Crippen LogP contribution in [0.3, 0.4) is 0 Å². The summed E-state index contributed by atoms with van der Waals surface area (Å²) in [4.78, 5) is 0. The maximum Gasteiger partial charge on any atom is 0.183 e. The van der Waals surface area contributed by atoms with Crippen LogP contribution in [0, 0.1) is 13.8 Å². The fourth-order valence-corrected chi connectivity index (χ4v) is 2.47. The van der Waals surface area contributed by atoms with E-state index in [0.29, 0.717) is 0 Å². The predicted molar refractivity (Wildman–Crippen MR) is 62.5 cm³/mol. The molecule has 2 rings (SSSR count). The third-order valence-corrected chi connectivity index (χ3v) is 3.41. The van der Waals surface area contributed by atoms with E-state index in [1.807, 2.05) is 0 Å². The van der Waals surface area contributed by atoms with Crippen LogP contribution in [-0.2, 0) is 0 Å². The lowest BCUT2D eigenvalue weighted by molar-refractivity contribution is 1.07. The topological polar surface area (TPSA) is 25.8 Å². The lowest BCUT2D eigenvalue weighted by Gasteiger charge is -2.02. The van der Waals surface area contributed by atoms with E-state index in [-0.39, 0.29) is 0 Å². The Bertz CT molecular complexity index is 465. The van der Waals surface area contributed by atoms with Crippen LogP contribution < -0.4 is 0 Å². The maximum atomic E-state index is 4.11. The van der Waals surface area contributed by atoms with Crippen LogP contribution in [0.15, 0.2) is 22.1 Å². The molecule has 0 aliphatic rings. The molecule has 72 valence electrons. The molecule has 2 nitrogen and oxygen atoms in total. The van der Waals surface area contributed by atoms with Crippen LogP contribution in [0.25, 0.3) is 10.6 Å². The first kappa shape index (κ1) is 9.80. The molecule has 0 saturated carbocycles. The molecule has 0 saturated heterocycles. The fourth-order valence-electron chi connectivity index (χ4n) is 1.28. The summed E-state index contributed by atoms with van der Waals surface area (Å²) in [6.07, 6.45) is 0. The first-order valence-corrected chi connectivity index (χ1v) is 5.84. The van der Waals surface area contributed by atoms with E-state index >= 15 is 0 Å². The smallest absolute Gasteiger partial charge is 0.137 e. The molecule has 1 aromatic heterocycles. The summed E-state index contributed by atoms with van der Waals surface area (Å²) in [6.45, 7) is 4.17. The number of aryl methyl sites for hydroxylation is 2. The summed E-state index contributed by atoms with van der Waals surface area (Å²) in [6, 6.07) is 6.36. The second kappa shape index (κ2) is 3.79. The van der Waals surface area contributed by atoms with Gasteiger partial charge in [-0.05, 0) is 41.4 Å². The maximum absolute atomic E-state index is 4.11. The van der Waals surface area contributed by atoms with Crippen molar-refractivity contribution in [3.05, 3.63) is 33.2 Å². The number of hydrogen-bond donors (Lipinski definition) is 0. The fraction of sp³-hybridized carbons (Fsp3) is 0.200. The highest BCUT2D eigenvalue weighted by molar-refractivity contribution is 9.11. The molecular formula is C10H9BrN2S. The highest BCUT2D eigenvalue weighted by Crippen LogP contribution is 2.29. The molecular weight excluding hydrogens is 260 g/mol. The first-order valence-electron chi connectivity index (χ1n) is 4.23. The molecule has 0 bridgehead atoms. The minimum absolute atomic E-state index is 0.827. The van der Waals surface area contributed by atoms with Gasteiger partial charge in [-0.2, -0.15) is 0 Å². The largest absolute Gasteiger partial charge is 0.183 e. The summed E-state index contributed by atoms with van der Waals surface area (Å²) in [5, 5.41) is 9.03. The van der Waals surface area contributed by atoms with Crippen LogP contribution in [0.2, 0.25) is 0 Å². The minimum Gasteiger partial charge on any atom is -0.137 e. The van der Waals surface area contributed by atoms with Crippen LogP contribution in [0.1, 0.15) is 11.1 Å². The zero-order valence-electron chi connectivity index (χ0n) is 7.91. The summed E-state index contributed by atoms with van der Waals surface area (Å²) >= 11 is 4.88. The van der Waals surface area contributed by atoms with Gasteiger partial charge in [0.2, 0.25) is 0 Å². The second-order valence-corrected chi connectivity index (χ2v) is 5.43. The monoisotopic (exact) mass is 268 g/mol. The molecule has 0 unspecified atom stereocenters. The molecule has 2 aromatic rings. The van der Waals surface area contributed by atoms with E-state index in [1.54, 1.807) is 11.3 Å². The lowest BCUT2D eigenvalue weighted by Crippen LogP contribution is -1.83. The molecule has 0 aliphatic carbocycles. The zero-order chi connectivity index (χ0) is 10.1. The Hall–Kier alpha value is -0.740. The molecule has 0 spiro atoms. The number of halogens is 1. The van der Waals surface area contributed by atoms with Crippen molar-refractivity contribution in [3.63, 3.8) is 0 Å². The summed E-state index contributed by atoms with van der Waals surface area (Å²) < 4.78 is 0.827. The van der Waals surface area contributed by atoms with Gasteiger partial charge in [-0.3, -0.25) is 0 Å². The van der Waals surface area contributed by atoms with Crippen LogP contribution in [-0.4, -0.2) is 10.2 Å². The normalized spacial score (nSPS) is 10.5. The molecule has 1 aromatic carbocycles. The Morgan fingerprint density at radius 3 is 2.64 bits per heavy atom. The van der Waals surface area contributed by atoms with Gasteiger partial charge in [0.15, 0.2) is 3.92 Å². The van der Waals surface area contributed by atoms with Crippen molar-refractivity contribution in [3.8, 4) is 10.6 Å². The number of rotatable bonds is 1. The average Bonchev–Trinajstić information content (AvgIpc) is 2.56. The quantitative estimate of drug-likeness (QED) is 0.790. The van der Waals surface area contributed by atoms with Crippen LogP contribution in [0.4, 0.5) is 0 Å². The SMILES string of the molecule is Cc1ccc(C)c(-c2nnc(Br)s2)c1. The molecule has 0 fully saturated rings. The molecule has 0 N–H and O–H groups in total. The van der Waals surface area contributed by atoms with Crippen molar-refractivity contribution in [1.29, 1.82) is 0 Å². The lowest BCUT2D eigenvalue weighted by atomic mass is 10.1. The van der Waals surface area contributed by atoms with E-state index < -0.39 is 0 Å². The van der Waals surface area contributed by atoms with Gasteiger partial charge in [0, 0.05) is 5.56 Å². The summed E-state index contributed by atoms with van der Waals surface area (Å²) in [5.74, 6) is 0. The van der Waals surface area contributed by atoms with E-state index in [0.717, 1.165) is 8.92 Å². The van der Waals surface area contributed by atoms with Crippen molar-refractivity contribution in [2.75, 3.05) is 0 Å². The highest BCUT2D eigenvalue weighted by atomic mass is 79.9. The molecule has 1 heterocycles. The average molecular weight is 269 g/mol. The van der Waals surface area contributed by atoms with E-state index in [9.17, 15) is 0 Å². The Morgan fingerprint density at radius 2 is 2.00 bits per heavy atom. The third-order valence-electron chi connectivity index (χ3n) is 2.02. The van der Waals surface area contributed by atoms with Gasteiger partial charge in [0.25, 0.3) is 0 Å². The molecule has 0 atom stereocenters. The molecule has 0 radical (unpaired) electrons. The molecule has 4 heteroatoms. The van der Waals surface area contributed by atoms with Crippen LogP contribution >= 0.6 is 27.3 Å². The number of nitrogens with zero attached hydrogens (tertiary/aromatic N) is 2. The third kappa shape index (κ3) is 1.86. The van der Waals surface area contributed by atoms with Gasteiger partial charge in [0.1, 0.15) is 5.01 Å². The molecule has 0 aliphatic heterocycles. The standard InChI is InChI=1S/C10H9BrN2S/c1-6-3-4-7(2)8(5-6)9-12-13-10(11)14-9/h3-5H,1-2H3. The molecule has 14 heavy (non-hydrogen) atoms. The van der Waals surface area contributed by atoms with Crippen molar-refractivity contribution in [2.45, 2.75) is 13.8 Å². The van der Waals surface area contributed by atoms with Gasteiger partial charge in [-0.1, -0.05) is 29.0 Å². The number of benzene rings is 1. The second-order valence-electron chi connectivity index (χ2n) is 3.18. The van der Waals surface area contributed by atoms with E-state index in [4.69, 9.17) is 0 Å². The number of hydrogen-bond acceptors (Lipinski definition) is 3. The van der Waals surface area contributed by atoms with Crippen molar-refractivity contribution >= 4 is 27.3 Å². The van der Waals surface area contributed by atoms with Crippen molar-refractivity contribution in [2.24, 2.45) is 0 Å². The van der Waals surface area contributed by atoms with Gasteiger partial charge in [0.05, 0.1) is 0 Å². The highest BCUT2D eigenvalue weighted by Gasteiger charge is 2.07. The Balaban J connectivity index is 2.55.